The number of anilines is 1. The number of nitrogens with zero attached hydrogens (tertiary/aromatic N) is 1. The molecular weight excluding hydrogens is 219 g/mol. The number of likely N-dealkylation sites (N-methyl/N-ethyl adjacent to an activating group) is 1. The smallest absolute Gasteiger partial charge is 0.240 e. The monoisotopic (exact) mass is 238 g/mol. The van der Waals surface area contributed by atoms with Gasteiger partial charge < -0.3 is 10.2 Å². The van der Waals surface area contributed by atoms with E-state index in [0.29, 0.717) is 18.3 Å². The van der Waals surface area contributed by atoms with E-state index in [1.165, 1.54) is 17.0 Å². The fourth-order valence-electron chi connectivity index (χ4n) is 1.33. The first-order valence-electron chi connectivity index (χ1n) is 5.80. The second kappa shape index (κ2) is 6.35. The molecule has 0 aliphatic rings. The Kier molecular flexibility index (Phi) is 5.10. The Morgan fingerprint density at radius 1 is 1.41 bits per heavy atom. The topological polar surface area (TPSA) is 32.3 Å². The van der Waals surface area contributed by atoms with Crippen molar-refractivity contribution in [2.24, 2.45) is 0 Å². The van der Waals surface area contributed by atoms with Gasteiger partial charge in [0, 0.05) is 18.8 Å². The minimum atomic E-state index is -0.299. The van der Waals surface area contributed by atoms with Crippen molar-refractivity contribution in [3.63, 3.8) is 0 Å². The van der Waals surface area contributed by atoms with E-state index in [1.807, 2.05) is 6.92 Å². The molecule has 0 heterocycles. The first kappa shape index (κ1) is 13.6. The molecule has 1 aromatic carbocycles. The number of halogens is 1. The standard InChI is InChI=1S/C13H19FN2O/c1-4-10(2)15-9-13(17)16(3)12-7-5-11(14)6-8-12/h5-8,10,15H,4,9H2,1-3H3. The van der Waals surface area contributed by atoms with Gasteiger partial charge in [0.05, 0.1) is 6.54 Å². The molecule has 1 amide bonds. The molecule has 1 atom stereocenters. The van der Waals surface area contributed by atoms with Gasteiger partial charge in [-0.2, -0.15) is 0 Å². The Morgan fingerprint density at radius 3 is 2.53 bits per heavy atom. The van der Waals surface area contributed by atoms with E-state index in [-0.39, 0.29) is 11.7 Å². The fourth-order valence-corrected chi connectivity index (χ4v) is 1.33. The third-order valence-electron chi connectivity index (χ3n) is 2.80. The van der Waals surface area contributed by atoms with Gasteiger partial charge in [-0.25, -0.2) is 4.39 Å². The number of carbonyl (C=O) groups excluding carboxylic acids is 1. The Hall–Kier alpha value is -1.42. The van der Waals surface area contributed by atoms with Gasteiger partial charge in [-0.3, -0.25) is 4.79 Å². The molecule has 0 fully saturated rings. The zero-order valence-corrected chi connectivity index (χ0v) is 10.5. The minimum Gasteiger partial charge on any atom is -0.314 e. The van der Waals surface area contributed by atoms with Gasteiger partial charge in [-0.1, -0.05) is 6.92 Å². The highest BCUT2D eigenvalue weighted by molar-refractivity contribution is 5.94. The zero-order chi connectivity index (χ0) is 12.8. The van der Waals surface area contributed by atoms with E-state index in [4.69, 9.17) is 0 Å². The second-order valence-corrected chi connectivity index (χ2v) is 4.12. The first-order chi connectivity index (χ1) is 8.04. The average molecular weight is 238 g/mol. The summed E-state index contributed by atoms with van der Waals surface area (Å²) >= 11 is 0. The maximum absolute atomic E-state index is 12.7. The molecule has 1 rings (SSSR count). The van der Waals surface area contributed by atoms with Crippen molar-refractivity contribution < 1.29 is 9.18 Å². The van der Waals surface area contributed by atoms with E-state index in [0.717, 1.165) is 6.42 Å². The summed E-state index contributed by atoms with van der Waals surface area (Å²) in [5.41, 5.74) is 0.697. The highest BCUT2D eigenvalue weighted by Gasteiger charge is 2.11. The number of carbonyl (C=O) groups is 1. The highest BCUT2D eigenvalue weighted by Crippen LogP contribution is 2.12. The van der Waals surface area contributed by atoms with Crippen molar-refractivity contribution in [1.82, 2.24) is 5.32 Å². The zero-order valence-electron chi connectivity index (χ0n) is 10.5. The van der Waals surface area contributed by atoms with Crippen molar-refractivity contribution in [2.75, 3.05) is 18.5 Å². The summed E-state index contributed by atoms with van der Waals surface area (Å²) in [7, 11) is 1.69. The lowest BCUT2D eigenvalue weighted by molar-refractivity contribution is -0.117. The first-order valence-corrected chi connectivity index (χ1v) is 5.80. The number of hydrogen-bond donors (Lipinski definition) is 1. The average Bonchev–Trinajstić information content (AvgIpc) is 2.35. The van der Waals surface area contributed by atoms with E-state index in [9.17, 15) is 9.18 Å². The molecule has 0 bridgehead atoms. The summed E-state index contributed by atoms with van der Waals surface area (Å²) in [5, 5.41) is 3.13. The Morgan fingerprint density at radius 2 is 2.00 bits per heavy atom. The molecule has 1 aromatic rings. The van der Waals surface area contributed by atoms with Crippen LogP contribution in [0.25, 0.3) is 0 Å². The SMILES string of the molecule is CCC(C)NCC(=O)N(C)c1ccc(F)cc1. The molecule has 0 radical (unpaired) electrons. The van der Waals surface area contributed by atoms with Crippen molar-refractivity contribution in [2.45, 2.75) is 26.3 Å². The molecule has 94 valence electrons. The number of hydrogen-bond acceptors (Lipinski definition) is 2. The number of benzene rings is 1. The van der Waals surface area contributed by atoms with E-state index in [2.05, 4.69) is 12.2 Å². The summed E-state index contributed by atoms with van der Waals surface area (Å²) in [5.74, 6) is -0.329. The number of rotatable bonds is 5. The summed E-state index contributed by atoms with van der Waals surface area (Å²) in [6, 6.07) is 6.20. The lowest BCUT2D eigenvalue weighted by atomic mass is 10.2. The number of amides is 1. The summed E-state index contributed by atoms with van der Waals surface area (Å²) in [4.78, 5) is 13.3. The van der Waals surface area contributed by atoms with Crippen LogP contribution in [0.4, 0.5) is 10.1 Å². The molecule has 3 nitrogen and oxygen atoms in total. The van der Waals surface area contributed by atoms with Crippen LogP contribution >= 0.6 is 0 Å². The molecule has 4 heteroatoms. The summed E-state index contributed by atoms with van der Waals surface area (Å²) in [6.07, 6.45) is 0.980. The third kappa shape index (κ3) is 4.15. The molecule has 0 saturated carbocycles. The lowest BCUT2D eigenvalue weighted by Gasteiger charge is -2.19. The van der Waals surface area contributed by atoms with Gasteiger partial charge in [-0.15, -0.1) is 0 Å². The Bertz CT molecular complexity index is 364. The molecule has 17 heavy (non-hydrogen) atoms. The van der Waals surface area contributed by atoms with Gasteiger partial charge in [-0.05, 0) is 37.6 Å². The van der Waals surface area contributed by atoms with Crippen molar-refractivity contribution in [3.05, 3.63) is 30.1 Å². The molecule has 1 N–H and O–H groups in total. The summed E-state index contributed by atoms with van der Waals surface area (Å²) in [6.45, 7) is 4.39. The number of nitrogens with one attached hydrogen (secondary N) is 1. The molecular formula is C13H19FN2O. The summed E-state index contributed by atoms with van der Waals surface area (Å²) < 4.78 is 12.7. The van der Waals surface area contributed by atoms with Crippen LogP contribution in [-0.4, -0.2) is 25.5 Å². The highest BCUT2D eigenvalue weighted by atomic mass is 19.1. The lowest BCUT2D eigenvalue weighted by Crippen LogP contribution is -2.38. The van der Waals surface area contributed by atoms with Crippen LogP contribution in [0.2, 0.25) is 0 Å². The van der Waals surface area contributed by atoms with Gasteiger partial charge >= 0.3 is 0 Å². The van der Waals surface area contributed by atoms with Gasteiger partial charge in [0.25, 0.3) is 0 Å². The molecule has 0 aliphatic carbocycles. The largest absolute Gasteiger partial charge is 0.314 e. The van der Waals surface area contributed by atoms with Gasteiger partial charge in [0.15, 0.2) is 0 Å². The normalized spacial score (nSPS) is 12.2. The molecule has 1 unspecified atom stereocenters. The van der Waals surface area contributed by atoms with Crippen LogP contribution in [0.5, 0.6) is 0 Å². The quantitative estimate of drug-likeness (QED) is 0.852. The van der Waals surface area contributed by atoms with Crippen LogP contribution < -0.4 is 10.2 Å². The van der Waals surface area contributed by atoms with Crippen LogP contribution in [-0.2, 0) is 4.79 Å². The van der Waals surface area contributed by atoms with E-state index >= 15 is 0 Å². The molecule has 0 aromatic heterocycles. The maximum atomic E-state index is 12.7. The van der Waals surface area contributed by atoms with E-state index in [1.54, 1.807) is 19.2 Å². The van der Waals surface area contributed by atoms with Crippen LogP contribution in [0.3, 0.4) is 0 Å². The molecule has 0 spiro atoms. The van der Waals surface area contributed by atoms with Crippen LogP contribution in [0.1, 0.15) is 20.3 Å². The Labute approximate surface area is 102 Å². The van der Waals surface area contributed by atoms with Crippen molar-refractivity contribution in [3.8, 4) is 0 Å². The predicted octanol–water partition coefficient (Wildman–Crippen LogP) is 2.18. The van der Waals surface area contributed by atoms with Crippen molar-refractivity contribution >= 4 is 11.6 Å². The molecule has 0 saturated heterocycles. The van der Waals surface area contributed by atoms with Crippen LogP contribution in [0, 0.1) is 5.82 Å². The molecule has 0 aliphatic heterocycles. The Balaban J connectivity index is 2.54. The van der Waals surface area contributed by atoms with Gasteiger partial charge in [0.1, 0.15) is 5.82 Å². The van der Waals surface area contributed by atoms with Crippen LogP contribution in [0.15, 0.2) is 24.3 Å². The fraction of sp³-hybridized carbons (Fsp3) is 0.462. The predicted molar refractivity (Wildman–Crippen MR) is 67.6 cm³/mol. The maximum Gasteiger partial charge on any atom is 0.240 e. The minimum absolute atomic E-state index is 0.0306. The van der Waals surface area contributed by atoms with Gasteiger partial charge in [0.2, 0.25) is 5.91 Å². The third-order valence-corrected chi connectivity index (χ3v) is 2.80. The van der Waals surface area contributed by atoms with E-state index < -0.39 is 0 Å². The second-order valence-electron chi connectivity index (χ2n) is 4.12. The van der Waals surface area contributed by atoms with Crippen molar-refractivity contribution in [1.29, 1.82) is 0 Å².